The topological polar surface area (TPSA) is 101 Å². The number of piperidine rings is 1. The van der Waals surface area contributed by atoms with Crippen LogP contribution in [-0.4, -0.2) is 34.5 Å². The molecule has 3 aromatic rings. The summed E-state index contributed by atoms with van der Waals surface area (Å²) in [5.74, 6) is -1.36. The lowest BCUT2D eigenvalue weighted by Crippen LogP contribution is -2.48. The van der Waals surface area contributed by atoms with Gasteiger partial charge in [-0.3, -0.25) is 4.79 Å². The number of likely N-dealkylation sites (tertiary alicyclic amines) is 1. The van der Waals surface area contributed by atoms with Gasteiger partial charge >= 0.3 is 11.6 Å². The van der Waals surface area contributed by atoms with Gasteiger partial charge in [0.2, 0.25) is 5.91 Å². The zero-order valence-electron chi connectivity index (χ0n) is 16.7. The molecule has 1 saturated heterocycles. The van der Waals surface area contributed by atoms with Crippen LogP contribution in [0.15, 0.2) is 26.0 Å². The fraction of sp³-hybridized carbons (Fsp3) is 0.409. The molecular formula is C22H23NO6. The summed E-state index contributed by atoms with van der Waals surface area (Å²) in [7, 11) is 0. The first kappa shape index (κ1) is 19.2. The van der Waals surface area contributed by atoms with Gasteiger partial charge in [-0.15, -0.1) is 0 Å². The second-order valence-electron chi connectivity index (χ2n) is 7.78. The lowest BCUT2D eigenvalue weighted by Gasteiger charge is -2.33. The van der Waals surface area contributed by atoms with E-state index in [1.165, 1.54) is 4.90 Å². The van der Waals surface area contributed by atoms with Crippen molar-refractivity contribution in [2.45, 2.75) is 52.5 Å². The van der Waals surface area contributed by atoms with Crippen LogP contribution in [0.5, 0.6) is 0 Å². The monoisotopic (exact) mass is 397 g/mol. The Morgan fingerprint density at radius 2 is 1.90 bits per heavy atom. The molecule has 1 fully saturated rings. The number of carbonyl (C=O) groups excluding carboxylic acids is 1. The van der Waals surface area contributed by atoms with Crippen molar-refractivity contribution in [3.8, 4) is 0 Å². The number of aryl methyl sites for hydroxylation is 3. The van der Waals surface area contributed by atoms with Crippen molar-refractivity contribution in [1.29, 1.82) is 0 Å². The summed E-state index contributed by atoms with van der Waals surface area (Å²) < 4.78 is 11.2. The predicted molar refractivity (Wildman–Crippen MR) is 107 cm³/mol. The van der Waals surface area contributed by atoms with E-state index in [-0.39, 0.29) is 17.9 Å². The number of nitrogens with zero attached hydrogens (tertiary/aromatic N) is 1. The molecule has 0 radical (unpaired) electrons. The maximum atomic E-state index is 12.9. The largest absolute Gasteiger partial charge is 0.480 e. The number of fused-ring (bicyclic) bond motifs is 2. The van der Waals surface area contributed by atoms with Crippen molar-refractivity contribution in [2.75, 3.05) is 6.54 Å². The van der Waals surface area contributed by atoms with Crippen molar-refractivity contribution in [2.24, 2.45) is 0 Å². The van der Waals surface area contributed by atoms with E-state index in [9.17, 15) is 19.5 Å². The third-order valence-corrected chi connectivity index (χ3v) is 5.97. The number of aliphatic carboxylic acids is 1. The van der Waals surface area contributed by atoms with Crippen LogP contribution < -0.4 is 5.63 Å². The molecule has 0 saturated carbocycles. The van der Waals surface area contributed by atoms with E-state index in [0.29, 0.717) is 29.7 Å². The molecule has 152 valence electrons. The Kier molecular flexibility index (Phi) is 4.68. The zero-order chi connectivity index (χ0) is 20.9. The van der Waals surface area contributed by atoms with Crippen molar-refractivity contribution < 1.29 is 23.5 Å². The van der Waals surface area contributed by atoms with Crippen LogP contribution in [0.1, 0.15) is 41.5 Å². The first-order valence-electron chi connectivity index (χ1n) is 9.75. The van der Waals surface area contributed by atoms with Crippen LogP contribution in [-0.2, 0) is 16.0 Å². The van der Waals surface area contributed by atoms with Gasteiger partial charge < -0.3 is 18.8 Å². The predicted octanol–water partition coefficient (Wildman–Crippen LogP) is 3.47. The average molecular weight is 397 g/mol. The van der Waals surface area contributed by atoms with Gasteiger partial charge in [0.15, 0.2) is 0 Å². The number of hydrogen-bond acceptors (Lipinski definition) is 5. The first-order valence-corrected chi connectivity index (χ1v) is 9.75. The number of benzene rings is 1. The van der Waals surface area contributed by atoms with Gasteiger partial charge in [0.25, 0.3) is 0 Å². The van der Waals surface area contributed by atoms with Crippen LogP contribution in [0.25, 0.3) is 21.9 Å². The molecule has 1 aliphatic heterocycles. The van der Waals surface area contributed by atoms with E-state index in [2.05, 4.69) is 0 Å². The zero-order valence-corrected chi connectivity index (χ0v) is 16.7. The molecule has 7 nitrogen and oxygen atoms in total. The molecule has 2 aromatic heterocycles. The second kappa shape index (κ2) is 7.06. The summed E-state index contributed by atoms with van der Waals surface area (Å²) in [5, 5.41) is 11.1. The summed E-state index contributed by atoms with van der Waals surface area (Å²) in [5.41, 5.74) is 3.23. The molecule has 1 N–H and O–H groups in total. The lowest BCUT2D eigenvalue weighted by atomic mass is 9.97. The van der Waals surface area contributed by atoms with Crippen molar-refractivity contribution >= 4 is 33.8 Å². The quantitative estimate of drug-likeness (QED) is 0.679. The Balaban J connectivity index is 1.79. The number of carbonyl (C=O) groups is 2. The molecular weight excluding hydrogens is 374 g/mol. The fourth-order valence-corrected chi connectivity index (χ4v) is 4.26. The molecule has 29 heavy (non-hydrogen) atoms. The summed E-state index contributed by atoms with van der Waals surface area (Å²) in [6, 6.07) is 1.09. The van der Waals surface area contributed by atoms with E-state index < -0.39 is 17.6 Å². The van der Waals surface area contributed by atoms with Gasteiger partial charge in [-0.05, 0) is 57.2 Å². The van der Waals surface area contributed by atoms with E-state index in [1.54, 1.807) is 13.2 Å². The second-order valence-corrected chi connectivity index (χ2v) is 7.78. The molecule has 0 spiro atoms. The highest BCUT2D eigenvalue weighted by Gasteiger charge is 2.32. The molecule has 7 heteroatoms. The Morgan fingerprint density at radius 3 is 2.62 bits per heavy atom. The van der Waals surface area contributed by atoms with Gasteiger partial charge in [-0.1, -0.05) is 0 Å². The van der Waals surface area contributed by atoms with E-state index in [4.69, 9.17) is 8.83 Å². The number of amides is 1. The minimum atomic E-state index is -1.01. The molecule has 0 bridgehead atoms. The Hall–Kier alpha value is -3.09. The lowest BCUT2D eigenvalue weighted by molar-refractivity contribution is -0.151. The summed E-state index contributed by atoms with van der Waals surface area (Å²) in [6.07, 6.45) is 3.46. The van der Waals surface area contributed by atoms with Gasteiger partial charge in [0.1, 0.15) is 17.2 Å². The van der Waals surface area contributed by atoms with Gasteiger partial charge in [-0.25, -0.2) is 9.59 Å². The fourth-order valence-electron chi connectivity index (χ4n) is 4.26. The number of furan rings is 1. The van der Waals surface area contributed by atoms with E-state index in [1.807, 2.05) is 19.9 Å². The number of carboxylic acid groups (broad SMARTS) is 1. The minimum Gasteiger partial charge on any atom is -0.480 e. The molecule has 0 aliphatic carbocycles. The Morgan fingerprint density at radius 1 is 1.14 bits per heavy atom. The standard InChI is InChI=1S/C22H23NO6/c1-11-10-28-19-13(3)20-15(8-14(11)19)12(2)16(22(27)29-20)9-18(24)23-7-5-4-6-17(23)21(25)26/h8,10,17H,4-7,9H2,1-3H3,(H,25,26)/t17-/m0/s1. The summed E-state index contributed by atoms with van der Waals surface area (Å²) in [4.78, 5) is 38.5. The van der Waals surface area contributed by atoms with Gasteiger partial charge in [0.05, 0.1) is 18.2 Å². The number of hydrogen-bond donors (Lipinski definition) is 1. The molecule has 3 heterocycles. The van der Waals surface area contributed by atoms with Crippen molar-refractivity contribution in [3.05, 3.63) is 45.0 Å². The molecule has 1 amide bonds. The maximum Gasteiger partial charge on any atom is 0.340 e. The van der Waals surface area contributed by atoms with Crippen LogP contribution in [0.3, 0.4) is 0 Å². The van der Waals surface area contributed by atoms with E-state index >= 15 is 0 Å². The van der Waals surface area contributed by atoms with Crippen LogP contribution in [0.2, 0.25) is 0 Å². The number of rotatable bonds is 3. The van der Waals surface area contributed by atoms with Crippen molar-refractivity contribution in [1.82, 2.24) is 4.90 Å². The third-order valence-electron chi connectivity index (χ3n) is 5.97. The maximum absolute atomic E-state index is 12.9. The third kappa shape index (κ3) is 3.10. The molecule has 1 aliphatic rings. The Labute approximate surface area is 166 Å². The molecule has 0 unspecified atom stereocenters. The number of carboxylic acids is 1. The molecule has 1 atom stereocenters. The highest BCUT2D eigenvalue weighted by molar-refractivity contribution is 6.00. The SMILES string of the molecule is Cc1coc2c(C)c3oc(=O)c(CC(=O)N4CCCC[C@H]4C(=O)O)c(C)c3cc12. The summed E-state index contributed by atoms with van der Waals surface area (Å²) in [6.45, 7) is 5.97. The first-order chi connectivity index (χ1) is 13.8. The molecule has 4 rings (SSSR count). The van der Waals surface area contributed by atoms with Crippen molar-refractivity contribution in [3.63, 3.8) is 0 Å². The van der Waals surface area contributed by atoms with E-state index in [0.717, 1.165) is 34.7 Å². The normalized spacial score (nSPS) is 17.2. The highest BCUT2D eigenvalue weighted by Crippen LogP contribution is 2.32. The Bertz CT molecular complexity index is 1200. The summed E-state index contributed by atoms with van der Waals surface area (Å²) >= 11 is 0. The average Bonchev–Trinajstić information content (AvgIpc) is 3.07. The highest BCUT2D eigenvalue weighted by atomic mass is 16.4. The van der Waals surface area contributed by atoms with Crippen LogP contribution >= 0.6 is 0 Å². The van der Waals surface area contributed by atoms with Gasteiger partial charge in [0, 0.05) is 22.9 Å². The smallest absolute Gasteiger partial charge is 0.340 e. The van der Waals surface area contributed by atoms with Crippen LogP contribution in [0, 0.1) is 20.8 Å². The minimum absolute atomic E-state index is 0.171. The molecule has 1 aromatic carbocycles. The van der Waals surface area contributed by atoms with Gasteiger partial charge in [-0.2, -0.15) is 0 Å². The van der Waals surface area contributed by atoms with Crippen LogP contribution in [0.4, 0.5) is 0 Å².